The van der Waals surface area contributed by atoms with E-state index in [9.17, 15) is 10.0 Å². The molecule has 1 atom stereocenters. The van der Waals surface area contributed by atoms with Crippen LogP contribution in [-0.4, -0.2) is 40.5 Å². The maximum Gasteiger partial charge on any atom is 0.323 e. The summed E-state index contributed by atoms with van der Waals surface area (Å²) in [7, 11) is 0. The lowest BCUT2D eigenvalue weighted by atomic mass is 10.1. The fourth-order valence-corrected chi connectivity index (χ4v) is 1.10. The molecular weight excluding hydrogens is 172 g/mol. The zero-order valence-corrected chi connectivity index (χ0v) is 7.94. The van der Waals surface area contributed by atoms with E-state index in [0.29, 0.717) is 19.5 Å². The van der Waals surface area contributed by atoms with E-state index in [0.717, 1.165) is 17.9 Å². The number of hydrogen-bond donors (Lipinski definition) is 3. The summed E-state index contributed by atoms with van der Waals surface area (Å²) in [4.78, 5) is 10.7. The molecule has 0 heterocycles. The number of aliphatic carboxylic acids is 1. The van der Waals surface area contributed by atoms with Gasteiger partial charge >= 0.3 is 5.97 Å². The average Bonchev–Trinajstić information content (AvgIpc) is 2.11. The monoisotopic (exact) mass is 190 g/mol. The lowest BCUT2D eigenvalue weighted by Gasteiger charge is -2.20. The van der Waals surface area contributed by atoms with Crippen LogP contribution in [0.5, 0.6) is 0 Å². The highest BCUT2D eigenvalue weighted by atomic mass is 16.5. The number of carboxylic acid groups (broad SMARTS) is 1. The zero-order valence-electron chi connectivity index (χ0n) is 7.94. The second-order valence-corrected chi connectivity index (χ2v) is 2.89. The Morgan fingerprint density at radius 1 is 1.54 bits per heavy atom. The highest BCUT2D eigenvalue weighted by Crippen LogP contribution is 2.06. The highest BCUT2D eigenvalue weighted by Gasteiger charge is 2.22. The first-order chi connectivity index (χ1) is 6.13. The van der Waals surface area contributed by atoms with Crippen LogP contribution >= 0.6 is 0 Å². The Hall–Kier alpha value is -0.650. The van der Waals surface area contributed by atoms with Gasteiger partial charge in [0.1, 0.15) is 6.04 Å². The SMILES string of the molecule is CCN(O)[C@@H](CCCCN)C(=O)O. The summed E-state index contributed by atoms with van der Waals surface area (Å²) in [5.74, 6) is -0.985. The minimum Gasteiger partial charge on any atom is -0.480 e. The van der Waals surface area contributed by atoms with Crippen molar-refractivity contribution in [2.24, 2.45) is 5.73 Å². The number of carbonyl (C=O) groups is 1. The largest absolute Gasteiger partial charge is 0.480 e. The summed E-state index contributed by atoms with van der Waals surface area (Å²) in [5, 5.41) is 18.8. The molecule has 0 rings (SSSR count). The number of carboxylic acids is 1. The molecule has 0 amide bonds. The van der Waals surface area contributed by atoms with Crippen LogP contribution in [-0.2, 0) is 4.79 Å². The van der Waals surface area contributed by atoms with E-state index in [1.54, 1.807) is 6.92 Å². The second kappa shape index (κ2) is 6.82. The quantitative estimate of drug-likeness (QED) is 0.396. The van der Waals surface area contributed by atoms with Gasteiger partial charge in [0.2, 0.25) is 0 Å². The minimum absolute atomic E-state index is 0.319. The van der Waals surface area contributed by atoms with Gasteiger partial charge in [0, 0.05) is 6.54 Å². The van der Waals surface area contributed by atoms with E-state index in [1.807, 2.05) is 0 Å². The van der Waals surface area contributed by atoms with Gasteiger partial charge in [0.05, 0.1) is 0 Å². The topological polar surface area (TPSA) is 86.8 Å². The fraction of sp³-hybridized carbons (Fsp3) is 0.875. The molecule has 0 unspecified atom stereocenters. The van der Waals surface area contributed by atoms with Crippen molar-refractivity contribution >= 4 is 5.97 Å². The number of unbranched alkanes of at least 4 members (excludes halogenated alkanes) is 1. The number of nitrogens with two attached hydrogens (primary N) is 1. The Morgan fingerprint density at radius 3 is 2.54 bits per heavy atom. The molecular formula is C8H18N2O3. The van der Waals surface area contributed by atoms with Crippen molar-refractivity contribution in [3.63, 3.8) is 0 Å². The Labute approximate surface area is 78.1 Å². The zero-order chi connectivity index (χ0) is 10.3. The van der Waals surface area contributed by atoms with Gasteiger partial charge in [0.25, 0.3) is 0 Å². The Kier molecular flexibility index (Phi) is 6.48. The molecule has 5 nitrogen and oxygen atoms in total. The number of nitrogens with zero attached hydrogens (tertiary/aromatic N) is 1. The minimum atomic E-state index is -0.985. The van der Waals surface area contributed by atoms with E-state index in [-0.39, 0.29) is 0 Å². The first-order valence-electron chi connectivity index (χ1n) is 4.51. The summed E-state index contributed by atoms with van der Waals surface area (Å²) in [6.07, 6.45) is 1.96. The first kappa shape index (κ1) is 12.3. The summed E-state index contributed by atoms with van der Waals surface area (Å²) < 4.78 is 0. The smallest absolute Gasteiger partial charge is 0.323 e. The van der Waals surface area contributed by atoms with E-state index in [1.165, 1.54) is 0 Å². The third kappa shape index (κ3) is 4.82. The molecule has 0 saturated heterocycles. The summed E-state index contributed by atoms with van der Waals surface area (Å²) in [6, 6.07) is -0.795. The number of hydroxylamine groups is 2. The molecule has 0 spiro atoms. The summed E-state index contributed by atoms with van der Waals surface area (Å²) >= 11 is 0. The molecule has 0 aliphatic carbocycles. The maximum absolute atomic E-state index is 10.7. The fourth-order valence-electron chi connectivity index (χ4n) is 1.10. The van der Waals surface area contributed by atoms with Gasteiger partial charge in [-0.15, -0.1) is 0 Å². The molecule has 13 heavy (non-hydrogen) atoms. The van der Waals surface area contributed by atoms with E-state index >= 15 is 0 Å². The van der Waals surface area contributed by atoms with Crippen molar-refractivity contribution in [1.82, 2.24) is 5.06 Å². The van der Waals surface area contributed by atoms with Crippen molar-refractivity contribution in [3.05, 3.63) is 0 Å². The Morgan fingerprint density at radius 2 is 2.15 bits per heavy atom. The molecule has 0 aliphatic rings. The van der Waals surface area contributed by atoms with Gasteiger partial charge in [-0.3, -0.25) is 4.79 Å². The average molecular weight is 190 g/mol. The molecule has 4 N–H and O–H groups in total. The molecule has 0 aromatic heterocycles. The number of hydrogen-bond acceptors (Lipinski definition) is 4. The van der Waals surface area contributed by atoms with Gasteiger partial charge in [-0.1, -0.05) is 6.92 Å². The van der Waals surface area contributed by atoms with Gasteiger partial charge in [-0.25, -0.2) is 0 Å². The van der Waals surface area contributed by atoms with Gasteiger partial charge in [-0.05, 0) is 25.8 Å². The maximum atomic E-state index is 10.7. The van der Waals surface area contributed by atoms with Crippen LogP contribution < -0.4 is 5.73 Å². The third-order valence-corrected chi connectivity index (χ3v) is 1.90. The van der Waals surface area contributed by atoms with E-state index in [4.69, 9.17) is 10.8 Å². The molecule has 0 fully saturated rings. The molecule has 0 aromatic rings. The van der Waals surface area contributed by atoms with Crippen molar-refractivity contribution in [2.45, 2.75) is 32.2 Å². The van der Waals surface area contributed by atoms with Crippen LogP contribution in [0.15, 0.2) is 0 Å². The first-order valence-corrected chi connectivity index (χ1v) is 4.51. The third-order valence-electron chi connectivity index (χ3n) is 1.90. The van der Waals surface area contributed by atoms with Crippen LogP contribution in [0.2, 0.25) is 0 Å². The Balaban J connectivity index is 3.88. The summed E-state index contributed by atoms with van der Waals surface area (Å²) in [6.45, 7) is 2.59. The lowest BCUT2D eigenvalue weighted by Crippen LogP contribution is -2.38. The molecule has 0 aliphatic heterocycles. The molecule has 0 saturated carbocycles. The highest BCUT2D eigenvalue weighted by molar-refractivity contribution is 5.73. The normalized spacial score (nSPS) is 13.2. The van der Waals surface area contributed by atoms with Crippen LogP contribution in [0.3, 0.4) is 0 Å². The second-order valence-electron chi connectivity index (χ2n) is 2.89. The predicted octanol–water partition coefficient (Wildman–Crippen LogP) is 0.280. The van der Waals surface area contributed by atoms with Crippen molar-refractivity contribution in [2.75, 3.05) is 13.1 Å². The van der Waals surface area contributed by atoms with Crippen LogP contribution in [0.1, 0.15) is 26.2 Å². The molecule has 0 bridgehead atoms. The van der Waals surface area contributed by atoms with Crippen LogP contribution in [0, 0.1) is 0 Å². The van der Waals surface area contributed by atoms with Gasteiger partial charge < -0.3 is 16.0 Å². The summed E-state index contributed by atoms with van der Waals surface area (Å²) in [5.41, 5.74) is 5.28. The molecule has 78 valence electrons. The molecule has 0 aromatic carbocycles. The Bertz CT molecular complexity index is 152. The van der Waals surface area contributed by atoms with Gasteiger partial charge in [-0.2, -0.15) is 5.06 Å². The van der Waals surface area contributed by atoms with Crippen molar-refractivity contribution in [3.8, 4) is 0 Å². The molecule has 5 heteroatoms. The van der Waals surface area contributed by atoms with E-state index in [2.05, 4.69) is 0 Å². The predicted molar refractivity (Wildman–Crippen MR) is 48.5 cm³/mol. The molecule has 0 radical (unpaired) electrons. The lowest BCUT2D eigenvalue weighted by molar-refractivity contribution is -0.169. The van der Waals surface area contributed by atoms with Crippen LogP contribution in [0.4, 0.5) is 0 Å². The van der Waals surface area contributed by atoms with Crippen LogP contribution in [0.25, 0.3) is 0 Å². The standard InChI is InChI=1S/C8H18N2O3/c1-2-10(13)7(8(11)12)5-3-4-6-9/h7,13H,2-6,9H2,1H3,(H,11,12)/t7-/m0/s1. The van der Waals surface area contributed by atoms with Crippen molar-refractivity contribution < 1.29 is 15.1 Å². The van der Waals surface area contributed by atoms with Crippen molar-refractivity contribution in [1.29, 1.82) is 0 Å². The number of rotatable bonds is 7. The number of likely N-dealkylation sites (N-methyl/N-ethyl adjacent to an activating group) is 1. The van der Waals surface area contributed by atoms with E-state index < -0.39 is 12.0 Å². The van der Waals surface area contributed by atoms with Gasteiger partial charge in [0.15, 0.2) is 0 Å².